The molecule has 0 saturated carbocycles. The Labute approximate surface area is 245 Å². The molecule has 1 amide bonds. The number of rotatable bonds is 6. The molecule has 1 aromatic carbocycles. The number of amides is 1. The molecule has 40 heavy (non-hydrogen) atoms. The summed E-state index contributed by atoms with van der Waals surface area (Å²) in [5.74, 6) is 0.969. The average molecular weight is 585 g/mol. The van der Waals surface area contributed by atoms with Crippen LogP contribution in [0.25, 0.3) is 5.70 Å². The third-order valence-corrected chi connectivity index (χ3v) is 8.46. The summed E-state index contributed by atoms with van der Waals surface area (Å²) in [5.41, 5.74) is 5.32. The molecule has 0 spiro atoms. The van der Waals surface area contributed by atoms with Crippen LogP contribution in [0.1, 0.15) is 12.5 Å². The number of allylic oxidation sites excluding steroid dienone is 3. The minimum absolute atomic E-state index is 0.000811. The number of anilines is 1. The van der Waals surface area contributed by atoms with E-state index in [1.54, 1.807) is 6.20 Å². The Morgan fingerprint density at radius 2 is 1.80 bits per heavy atom. The maximum atomic E-state index is 13.3. The normalized spacial score (nSPS) is 23.0. The first-order valence-electron chi connectivity index (χ1n) is 13.8. The quantitative estimate of drug-likeness (QED) is 0.472. The number of benzene rings is 1. The average Bonchev–Trinajstić information content (AvgIpc) is 3.34. The zero-order chi connectivity index (χ0) is 27.6. The summed E-state index contributed by atoms with van der Waals surface area (Å²) in [6.45, 7) is 8.80. The summed E-state index contributed by atoms with van der Waals surface area (Å²) in [6.07, 6.45) is 8.13. The van der Waals surface area contributed by atoms with Crippen molar-refractivity contribution in [1.82, 2.24) is 30.7 Å². The maximum Gasteiger partial charge on any atom is 0.242 e. The van der Waals surface area contributed by atoms with Crippen molar-refractivity contribution < 1.29 is 9.53 Å². The lowest BCUT2D eigenvalue weighted by Crippen LogP contribution is -2.51. The van der Waals surface area contributed by atoms with Gasteiger partial charge in [0.15, 0.2) is 0 Å². The number of hydrogen-bond donors (Lipinski definition) is 3. The van der Waals surface area contributed by atoms with E-state index in [-0.39, 0.29) is 18.6 Å². The second kappa shape index (κ2) is 11.7. The Kier molecular flexibility index (Phi) is 7.87. The molecule has 5 heterocycles. The van der Waals surface area contributed by atoms with E-state index < -0.39 is 0 Å². The number of halogens is 2. The van der Waals surface area contributed by atoms with Crippen molar-refractivity contribution in [2.24, 2.45) is 0 Å². The van der Waals surface area contributed by atoms with Crippen molar-refractivity contribution in [2.45, 2.75) is 13.1 Å². The smallest absolute Gasteiger partial charge is 0.242 e. The molecule has 1 unspecified atom stereocenters. The van der Waals surface area contributed by atoms with Crippen LogP contribution in [0.15, 0.2) is 76.0 Å². The van der Waals surface area contributed by atoms with Gasteiger partial charge in [0.25, 0.3) is 0 Å². The summed E-state index contributed by atoms with van der Waals surface area (Å²) in [4.78, 5) is 21.9. The molecule has 5 aliphatic rings. The predicted octanol–water partition coefficient (Wildman–Crippen LogP) is 2.72. The van der Waals surface area contributed by atoms with E-state index in [1.165, 1.54) is 11.3 Å². The van der Waals surface area contributed by atoms with Gasteiger partial charge in [-0.25, -0.2) is 0 Å². The molecule has 0 bridgehead atoms. The number of ether oxygens (including phenoxy) is 1. The molecule has 6 rings (SSSR count). The van der Waals surface area contributed by atoms with Crippen LogP contribution in [0, 0.1) is 0 Å². The van der Waals surface area contributed by atoms with Crippen molar-refractivity contribution in [3.8, 4) is 0 Å². The highest BCUT2D eigenvalue weighted by molar-refractivity contribution is 6.36. The third-order valence-electron chi connectivity index (χ3n) is 7.86. The minimum atomic E-state index is 0.000811. The van der Waals surface area contributed by atoms with Gasteiger partial charge < -0.3 is 40.3 Å². The molecule has 5 aliphatic heterocycles. The Morgan fingerprint density at radius 3 is 2.52 bits per heavy atom. The molecule has 2 fully saturated rings. The van der Waals surface area contributed by atoms with E-state index in [4.69, 9.17) is 27.9 Å². The van der Waals surface area contributed by atoms with Crippen LogP contribution >= 0.6 is 23.2 Å². The van der Waals surface area contributed by atoms with Crippen LogP contribution in [0.3, 0.4) is 0 Å². The summed E-state index contributed by atoms with van der Waals surface area (Å²) in [7, 11) is 0. The first kappa shape index (κ1) is 26.9. The van der Waals surface area contributed by atoms with E-state index in [0.29, 0.717) is 42.8 Å². The van der Waals surface area contributed by atoms with Crippen LogP contribution in [-0.2, 0) is 9.53 Å². The SMILES string of the molecule is CC1=CC2NC(c3ccc(N4CCOCC4)cc3)=C(NCC(=O)N3CCN(C4=C(Cl)CNC=C4Cl)CC3)N2C=C1. The molecular formula is C29H35Cl2N7O2. The lowest BCUT2D eigenvalue weighted by atomic mass is 10.1. The molecule has 9 nitrogen and oxygen atoms in total. The Morgan fingerprint density at radius 1 is 1.05 bits per heavy atom. The number of carbonyl (C=O) groups excluding carboxylic acids is 1. The van der Waals surface area contributed by atoms with E-state index in [9.17, 15) is 4.79 Å². The Hall–Kier alpha value is -3.27. The highest BCUT2D eigenvalue weighted by atomic mass is 35.5. The summed E-state index contributed by atoms with van der Waals surface area (Å²) in [6, 6.07) is 8.62. The number of nitrogens with one attached hydrogen (secondary N) is 3. The van der Waals surface area contributed by atoms with Gasteiger partial charge >= 0.3 is 0 Å². The second-order valence-corrected chi connectivity index (χ2v) is 11.3. The fourth-order valence-electron chi connectivity index (χ4n) is 5.69. The number of piperazine rings is 1. The van der Waals surface area contributed by atoms with Crippen LogP contribution in [0.4, 0.5) is 5.69 Å². The zero-order valence-corrected chi connectivity index (χ0v) is 24.1. The van der Waals surface area contributed by atoms with Gasteiger partial charge in [-0.1, -0.05) is 35.3 Å². The van der Waals surface area contributed by atoms with Gasteiger partial charge in [-0.15, -0.1) is 0 Å². The molecule has 0 radical (unpaired) electrons. The van der Waals surface area contributed by atoms with Crippen molar-refractivity contribution >= 4 is 40.5 Å². The van der Waals surface area contributed by atoms with Crippen molar-refractivity contribution in [2.75, 3.05) is 70.5 Å². The molecule has 0 aromatic heterocycles. The van der Waals surface area contributed by atoms with Gasteiger partial charge in [0.1, 0.15) is 12.0 Å². The highest BCUT2D eigenvalue weighted by Crippen LogP contribution is 2.31. The Balaban J connectivity index is 1.13. The topological polar surface area (TPSA) is 75.3 Å². The van der Waals surface area contributed by atoms with E-state index in [0.717, 1.165) is 49.1 Å². The molecule has 1 aromatic rings. The first-order chi connectivity index (χ1) is 19.5. The molecule has 2 saturated heterocycles. The van der Waals surface area contributed by atoms with Gasteiger partial charge in [0.05, 0.1) is 47.8 Å². The molecular weight excluding hydrogens is 549 g/mol. The third kappa shape index (κ3) is 5.50. The summed E-state index contributed by atoms with van der Waals surface area (Å²) in [5, 5.41) is 11.5. The molecule has 212 valence electrons. The van der Waals surface area contributed by atoms with Crippen molar-refractivity contribution in [3.63, 3.8) is 0 Å². The van der Waals surface area contributed by atoms with Gasteiger partial charge in [0, 0.05) is 62.9 Å². The number of hydrogen-bond acceptors (Lipinski definition) is 8. The number of nitrogens with zero attached hydrogens (tertiary/aromatic N) is 4. The largest absolute Gasteiger partial charge is 0.385 e. The van der Waals surface area contributed by atoms with Crippen molar-refractivity contribution in [3.05, 3.63) is 81.5 Å². The molecule has 1 atom stereocenters. The second-order valence-electron chi connectivity index (χ2n) is 10.4. The number of fused-ring (bicyclic) bond motifs is 1. The van der Waals surface area contributed by atoms with Gasteiger partial charge in [0.2, 0.25) is 5.91 Å². The highest BCUT2D eigenvalue weighted by Gasteiger charge is 2.32. The standard InChI is InChI=1S/C29H35Cl2N7O2/c1-20-6-7-38-25(16-20)34-27(21-2-4-22(5-3-21)35-12-14-40-15-13-35)29(38)33-19-26(39)36-8-10-37(11-9-36)28-23(30)17-32-18-24(28)31/h2-7,16-17,25,32-34H,8-15,18-19H2,1H3. The molecule has 0 aliphatic carbocycles. The van der Waals surface area contributed by atoms with Crippen LogP contribution in [-0.4, -0.2) is 92.3 Å². The lowest BCUT2D eigenvalue weighted by molar-refractivity contribution is -0.131. The Bertz CT molecular complexity index is 1290. The van der Waals surface area contributed by atoms with Crippen LogP contribution < -0.4 is 20.9 Å². The van der Waals surface area contributed by atoms with E-state index in [1.807, 2.05) is 4.90 Å². The molecule has 11 heteroatoms. The number of dihydropyridines is 1. The first-order valence-corrected chi connectivity index (χ1v) is 14.6. The maximum absolute atomic E-state index is 13.3. The summed E-state index contributed by atoms with van der Waals surface area (Å²) < 4.78 is 5.50. The minimum Gasteiger partial charge on any atom is -0.385 e. The van der Waals surface area contributed by atoms with E-state index in [2.05, 4.69) is 80.2 Å². The zero-order valence-electron chi connectivity index (χ0n) is 22.6. The fourth-order valence-corrected chi connectivity index (χ4v) is 6.35. The summed E-state index contributed by atoms with van der Waals surface area (Å²) >= 11 is 12.8. The molecule has 3 N–H and O–H groups in total. The monoisotopic (exact) mass is 583 g/mol. The van der Waals surface area contributed by atoms with Gasteiger partial charge in [-0.05, 0) is 36.8 Å². The van der Waals surface area contributed by atoms with Gasteiger partial charge in [-0.3, -0.25) is 4.79 Å². The number of morpholine rings is 1. The van der Waals surface area contributed by atoms with Crippen molar-refractivity contribution in [1.29, 1.82) is 0 Å². The van der Waals surface area contributed by atoms with Crippen LogP contribution in [0.5, 0.6) is 0 Å². The predicted molar refractivity (Wildman–Crippen MR) is 159 cm³/mol. The van der Waals surface area contributed by atoms with Gasteiger partial charge in [-0.2, -0.15) is 0 Å². The fraction of sp³-hybridized carbons (Fsp3) is 0.414. The van der Waals surface area contributed by atoms with E-state index >= 15 is 0 Å². The lowest BCUT2D eigenvalue weighted by Gasteiger charge is -2.38. The number of carbonyl (C=O) groups is 1. The van der Waals surface area contributed by atoms with Crippen LogP contribution in [0.2, 0.25) is 0 Å².